The maximum absolute atomic E-state index is 12.0. The van der Waals surface area contributed by atoms with Crippen molar-refractivity contribution < 1.29 is 9.53 Å². The Morgan fingerprint density at radius 1 is 1.17 bits per heavy atom. The average Bonchev–Trinajstić information content (AvgIpc) is 2.55. The Balaban J connectivity index is 1.82. The van der Waals surface area contributed by atoms with Gasteiger partial charge in [-0.1, -0.05) is 38.1 Å². The Labute approximate surface area is 144 Å². The summed E-state index contributed by atoms with van der Waals surface area (Å²) in [6, 6.07) is 15.2. The lowest BCUT2D eigenvalue weighted by Gasteiger charge is -2.11. The molecule has 0 radical (unpaired) electrons. The third-order valence-electron chi connectivity index (χ3n) is 3.73. The SMILES string of the molecule is CC(C)CCOc1ccc(CCC(=O)Nc2ccccc2)cc1N. The van der Waals surface area contributed by atoms with Gasteiger partial charge in [-0.25, -0.2) is 0 Å². The fourth-order valence-corrected chi connectivity index (χ4v) is 2.29. The molecule has 0 saturated heterocycles. The summed E-state index contributed by atoms with van der Waals surface area (Å²) in [6.07, 6.45) is 2.07. The van der Waals surface area contributed by atoms with Crippen molar-refractivity contribution in [3.63, 3.8) is 0 Å². The van der Waals surface area contributed by atoms with Crippen LogP contribution in [-0.2, 0) is 11.2 Å². The lowest BCUT2D eigenvalue weighted by atomic mass is 10.1. The van der Waals surface area contributed by atoms with E-state index in [0.717, 1.165) is 17.7 Å². The van der Waals surface area contributed by atoms with Gasteiger partial charge in [0.25, 0.3) is 0 Å². The number of anilines is 2. The molecule has 0 aliphatic rings. The van der Waals surface area contributed by atoms with E-state index >= 15 is 0 Å². The summed E-state index contributed by atoms with van der Waals surface area (Å²) >= 11 is 0. The molecule has 24 heavy (non-hydrogen) atoms. The van der Waals surface area contributed by atoms with E-state index in [0.29, 0.717) is 36.8 Å². The van der Waals surface area contributed by atoms with Crippen LogP contribution in [0.5, 0.6) is 5.75 Å². The monoisotopic (exact) mass is 326 g/mol. The molecule has 0 aliphatic carbocycles. The molecular weight excluding hydrogens is 300 g/mol. The van der Waals surface area contributed by atoms with Crippen molar-refractivity contribution in [1.82, 2.24) is 0 Å². The van der Waals surface area contributed by atoms with Crippen LogP contribution in [0.3, 0.4) is 0 Å². The molecular formula is C20H26N2O2. The van der Waals surface area contributed by atoms with Gasteiger partial charge in [-0.15, -0.1) is 0 Å². The van der Waals surface area contributed by atoms with Crippen LogP contribution in [-0.4, -0.2) is 12.5 Å². The van der Waals surface area contributed by atoms with Crippen LogP contribution >= 0.6 is 0 Å². The van der Waals surface area contributed by atoms with Gasteiger partial charge < -0.3 is 15.8 Å². The molecule has 0 heterocycles. The fourth-order valence-electron chi connectivity index (χ4n) is 2.29. The highest BCUT2D eigenvalue weighted by molar-refractivity contribution is 5.90. The predicted octanol–water partition coefficient (Wildman–Crippen LogP) is 4.27. The summed E-state index contributed by atoms with van der Waals surface area (Å²) in [7, 11) is 0. The molecule has 2 aromatic carbocycles. The predicted molar refractivity (Wildman–Crippen MR) is 99.2 cm³/mol. The molecule has 0 unspecified atom stereocenters. The number of ether oxygens (including phenoxy) is 1. The van der Waals surface area contributed by atoms with Crippen LogP contribution in [0.15, 0.2) is 48.5 Å². The van der Waals surface area contributed by atoms with Crippen LogP contribution in [0.4, 0.5) is 11.4 Å². The Kier molecular flexibility index (Phi) is 6.67. The van der Waals surface area contributed by atoms with Crippen molar-refractivity contribution in [2.75, 3.05) is 17.7 Å². The van der Waals surface area contributed by atoms with Gasteiger partial charge in [-0.3, -0.25) is 4.79 Å². The highest BCUT2D eigenvalue weighted by Gasteiger charge is 2.06. The molecule has 0 atom stereocenters. The van der Waals surface area contributed by atoms with Crippen molar-refractivity contribution in [1.29, 1.82) is 0 Å². The Hall–Kier alpha value is -2.49. The first-order valence-electron chi connectivity index (χ1n) is 8.40. The molecule has 1 amide bonds. The van der Waals surface area contributed by atoms with Crippen LogP contribution in [0.1, 0.15) is 32.3 Å². The second kappa shape index (κ2) is 8.96. The highest BCUT2D eigenvalue weighted by Crippen LogP contribution is 2.23. The minimum Gasteiger partial charge on any atom is -0.491 e. The standard InChI is InChI=1S/C20H26N2O2/c1-15(2)12-13-24-19-10-8-16(14-18(19)21)9-11-20(23)22-17-6-4-3-5-7-17/h3-8,10,14-15H,9,11-13,21H2,1-2H3,(H,22,23). The number of carbonyl (C=O) groups excluding carboxylic acids is 1. The van der Waals surface area contributed by atoms with Gasteiger partial charge in [0, 0.05) is 12.1 Å². The maximum Gasteiger partial charge on any atom is 0.224 e. The molecule has 4 nitrogen and oxygen atoms in total. The topological polar surface area (TPSA) is 64.3 Å². The molecule has 2 rings (SSSR count). The van der Waals surface area contributed by atoms with E-state index < -0.39 is 0 Å². The third-order valence-corrected chi connectivity index (χ3v) is 3.73. The summed E-state index contributed by atoms with van der Waals surface area (Å²) in [5, 5.41) is 2.88. The molecule has 3 N–H and O–H groups in total. The van der Waals surface area contributed by atoms with Crippen molar-refractivity contribution in [2.45, 2.75) is 33.1 Å². The fraction of sp³-hybridized carbons (Fsp3) is 0.350. The van der Waals surface area contributed by atoms with E-state index in [1.165, 1.54) is 0 Å². The first-order valence-corrected chi connectivity index (χ1v) is 8.40. The zero-order valence-corrected chi connectivity index (χ0v) is 14.4. The normalized spacial score (nSPS) is 10.6. The number of nitrogens with one attached hydrogen (secondary N) is 1. The van der Waals surface area contributed by atoms with Crippen LogP contribution in [0.2, 0.25) is 0 Å². The molecule has 0 saturated carbocycles. The first-order chi connectivity index (χ1) is 11.5. The number of hydrogen-bond acceptors (Lipinski definition) is 3. The smallest absolute Gasteiger partial charge is 0.224 e. The van der Waals surface area contributed by atoms with E-state index in [2.05, 4.69) is 19.2 Å². The number of para-hydroxylation sites is 1. The molecule has 2 aromatic rings. The van der Waals surface area contributed by atoms with Crippen LogP contribution in [0.25, 0.3) is 0 Å². The quantitative estimate of drug-likeness (QED) is 0.712. The summed E-state index contributed by atoms with van der Waals surface area (Å²) in [4.78, 5) is 12.0. The molecule has 0 bridgehead atoms. The Morgan fingerprint density at radius 3 is 2.58 bits per heavy atom. The van der Waals surface area contributed by atoms with Crippen molar-refractivity contribution in [2.24, 2.45) is 5.92 Å². The number of benzene rings is 2. The number of carbonyl (C=O) groups is 1. The minimum atomic E-state index is -0.00275. The van der Waals surface area contributed by atoms with Gasteiger partial charge >= 0.3 is 0 Å². The van der Waals surface area contributed by atoms with Crippen molar-refractivity contribution in [3.05, 3.63) is 54.1 Å². The van der Waals surface area contributed by atoms with E-state index in [1.54, 1.807) is 0 Å². The lowest BCUT2D eigenvalue weighted by molar-refractivity contribution is -0.116. The van der Waals surface area contributed by atoms with Crippen molar-refractivity contribution >= 4 is 17.3 Å². The molecule has 4 heteroatoms. The Bertz CT molecular complexity index is 654. The largest absolute Gasteiger partial charge is 0.491 e. The number of rotatable bonds is 8. The summed E-state index contributed by atoms with van der Waals surface area (Å²) in [5.74, 6) is 1.32. The van der Waals surface area contributed by atoms with Gasteiger partial charge in [0.2, 0.25) is 5.91 Å². The van der Waals surface area contributed by atoms with E-state index in [-0.39, 0.29) is 5.91 Å². The first kappa shape index (κ1) is 17.9. The second-order valence-electron chi connectivity index (χ2n) is 6.32. The number of hydrogen-bond donors (Lipinski definition) is 2. The highest BCUT2D eigenvalue weighted by atomic mass is 16.5. The van der Waals surface area contributed by atoms with Gasteiger partial charge in [-0.05, 0) is 48.6 Å². The van der Waals surface area contributed by atoms with E-state index in [9.17, 15) is 4.79 Å². The molecule has 0 fully saturated rings. The second-order valence-corrected chi connectivity index (χ2v) is 6.32. The van der Waals surface area contributed by atoms with Gasteiger partial charge in [0.15, 0.2) is 0 Å². The summed E-state index contributed by atoms with van der Waals surface area (Å²) in [6.45, 7) is 4.99. The minimum absolute atomic E-state index is 0.00275. The number of nitrogen functional groups attached to an aromatic ring is 1. The number of nitrogens with two attached hydrogens (primary N) is 1. The summed E-state index contributed by atoms with van der Waals surface area (Å²) in [5.41, 5.74) is 8.52. The average molecular weight is 326 g/mol. The van der Waals surface area contributed by atoms with E-state index in [1.807, 2.05) is 48.5 Å². The summed E-state index contributed by atoms with van der Waals surface area (Å²) < 4.78 is 5.70. The van der Waals surface area contributed by atoms with Crippen LogP contribution in [0, 0.1) is 5.92 Å². The van der Waals surface area contributed by atoms with Gasteiger partial charge in [-0.2, -0.15) is 0 Å². The third kappa shape index (κ3) is 5.95. The number of aryl methyl sites for hydroxylation is 1. The zero-order valence-electron chi connectivity index (χ0n) is 14.4. The van der Waals surface area contributed by atoms with Crippen LogP contribution < -0.4 is 15.8 Å². The van der Waals surface area contributed by atoms with Gasteiger partial charge in [0.1, 0.15) is 5.75 Å². The zero-order chi connectivity index (χ0) is 17.4. The van der Waals surface area contributed by atoms with E-state index in [4.69, 9.17) is 10.5 Å². The number of amides is 1. The molecule has 0 aliphatic heterocycles. The lowest BCUT2D eigenvalue weighted by Crippen LogP contribution is -2.12. The Morgan fingerprint density at radius 2 is 1.92 bits per heavy atom. The van der Waals surface area contributed by atoms with Crippen molar-refractivity contribution in [3.8, 4) is 5.75 Å². The molecule has 0 aromatic heterocycles. The maximum atomic E-state index is 12.0. The molecule has 128 valence electrons. The van der Waals surface area contributed by atoms with Gasteiger partial charge in [0.05, 0.1) is 12.3 Å². The molecule has 0 spiro atoms.